The highest BCUT2D eigenvalue weighted by atomic mass is 16.5. The molecule has 2 aromatic carbocycles. The number of methoxy groups -OCH3 is 1. The van der Waals surface area contributed by atoms with Gasteiger partial charge in [-0.2, -0.15) is 5.10 Å². The van der Waals surface area contributed by atoms with E-state index in [4.69, 9.17) is 14.6 Å². The van der Waals surface area contributed by atoms with Gasteiger partial charge in [0.25, 0.3) is 0 Å². The third-order valence-electron chi connectivity index (χ3n) is 4.99. The number of benzene rings is 2. The summed E-state index contributed by atoms with van der Waals surface area (Å²) in [4.78, 5) is 14.5. The molecule has 3 aromatic rings. The van der Waals surface area contributed by atoms with Crippen molar-refractivity contribution >= 4 is 5.91 Å². The maximum atomic E-state index is 12.6. The Balaban J connectivity index is 2.12. The topological polar surface area (TPSA) is 56.6 Å². The van der Waals surface area contributed by atoms with Crippen molar-refractivity contribution in [3.63, 3.8) is 0 Å². The monoisotopic (exact) mass is 407 g/mol. The van der Waals surface area contributed by atoms with Crippen molar-refractivity contribution in [3.8, 4) is 28.6 Å². The fraction of sp³-hybridized carbons (Fsp3) is 0.333. The quantitative estimate of drug-likeness (QED) is 0.525. The molecule has 1 heterocycles. The Labute approximate surface area is 178 Å². The van der Waals surface area contributed by atoms with Crippen LogP contribution in [0.3, 0.4) is 0 Å². The van der Waals surface area contributed by atoms with E-state index < -0.39 is 0 Å². The van der Waals surface area contributed by atoms with Gasteiger partial charge in [-0.1, -0.05) is 49.4 Å². The second kappa shape index (κ2) is 9.48. The summed E-state index contributed by atoms with van der Waals surface area (Å²) in [6.07, 6.45) is 0.446. The molecule has 0 atom stereocenters. The molecule has 6 nitrogen and oxygen atoms in total. The molecular formula is C24H29N3O3. The molecule has 30 heavy (non-hydrogen) atoms. The van der Waals surface area contributed by atoms with E-state index >= 15 is 0 Å². The molecule has 0 aliphatic rings. The number of carbonyl (C=O) groups excluding carboxylic acids is 1. The predicted molar refractivity (Wildman–Crippen MR) is 118 cm³/mol. The maximum absolute atomic E-state index is 12.6. The number of ether oxygens (including phenoxy) is 2. The lowest BCUT2D eigenvalue weighted by Crippen LogP contribution is -2.36. The zero-order valence-corrected chi connectivity index (χ0v) is 18.3. The van der Waals surface area contributed by atoms with Crippen LogP contribution in [0.2, 0.25) is 0 Å². The molecule has 0 N–H and O–H groups in total. The number of nitrogens with zero attached hydrogens (tertiary/aromatic N) is 3. The molecule has 0 unspecified atom stereocenters. The van der Waals surface area contributed by atoms with Crippen LogP contribution in [0.25, 0.3) is 11.3 Å². The van der Waals surface area contributed by atoms with E-state index in [0.717, 1.165) is 16.8 Å². The van der Waals surface area contributed by atoms with Gasteiger partial charge in [0, 0.05) is 25.1 Å². The van der Waals surface area contributed by atoms with E-state index in [1.165, 1.54) is 0 Å². The molecule has 0 radical (unpaired) electrons. The number of amides is 1. The van der Waals surface area contributed by atoms with Gasteiger partial charge in [0.15, 0.2) is 11.5 Å². The number of aryl methyl sites for hydroxylation is 1. The minimum atomic E-state index is 0.0559. The molecule has 1 amide bonds. The minimum Gasteiger partial charge on any atom is -0.493 e. The van der Waals surface area contributed by atoms with Crippen molar-refractivity contribution in [1.82, 2.24) is 14.7 Å². The lowest BCUT2D eigenvalue weighted by atomic mass is 10.1. The highest BCUT2D eigenvalue weighted by Gasteiger charge is 2.25. The first kappa shape index (κ1) is 21.4. The van der Waals surface area contributed by atoms with E-state index in [1.807, 2.05) is 87.3 Å². The van der Waals surface area contributed by atoms with Gasteiger partial charge in [-0.15, -0.1) is 0 Å². The molecular weight excluding hydrogens is 378 g/mol. The summed E-state index contributed by atoms with van der Waals surface area (Å²) in [5.74, 6) is 1.92. The zero-order valence-electron chi connectivity index (χ0n) is 18.3. The maximum Gasteiger partial charge on any atom is 0.223 e. The number of aromatic nitrogens is 2. The molecule has 0 spiro atoms. The van der Waals surface area contributed by atoms with Gasteiger partial charge in [0.2, 0.25) is 11.8 Å². The molecule has 3 rings (SSSR count). The Kier molecular flexibility index (Phi) is 6.77. The summed E-state index contributed by atoms with van der Waals surface area (Å²) in [6.45, 7) is 6.33. The van der Waals surface area contributed by atoms with Crippen molar-refractivity contribution in [2.75, 3.05) is 7.11 Å². The number of para-hydroxylation sites is 2. The second-order valence-corrected chi connectivity index (χ2v) is 7.34. The number of hydrogen-bond donors (Lipinski definition) is 0. The molecule has 0 saturated carbocycles. The second-order valence-electron chi connectivity index (χ2n) is 7.34. The largest absolute Gasteiger partial charge is 0.493 e. The van der Waals surface area contributed by atoms with Crippen LogP contribution >= 0.6 is 0 Å². The predicted octanol–water partition coefficient (Wildman–Crippen LogP) is 5.04. The van der Waals surface area contributed by atoms with Crippen LogP contribution in [0.4, 0.5) is 0 Å². The first-order valence-corrected chi connectivity index (χ1v) is 10.2. The number of carbonyl (C=O) groups is 1. The standard InChI is InChI=1S/C24H29N3O3/c1-6-22(28)27(17(2)3)16-19-23(18-12-8-7-9-13-18)25-26(4)24(19)30-21-15-11-10-14-20(21)29-5/h7-15,17H,6,16H2,1-5H3. The average Bonchev–Trinajstić information content (AvgIpc) is 3.07. The van der Waals surface area contributed by atoms with Crippen LogP contribution in [0.15, 0.2) is 54.6 Å². The van der Waals surface area contributed by atoms with E-state index in [-0.39, 0.29) is 11.9 Å². The van der Waals surface area contributed by atoms with E-state index in [0.29, 0.717) is 30.3 Å². The Morgan fingerprint density at radius 2 is 1.70 bits per heavy atom. The lowest BCUT2D eigenvalue weighted by Gasteiger charge is -2.27. The summed E-state index contributed by atoms with van der Waals surface area (Å²) >= 11 is 0. The van der Waals surface area contributed by atoms with Gasteiger partial charge < -0.3 is 14.4 Å². The molecule has 0 aliphatic heterocycles. The molecule has 0 aliphatic carbocycles. The molecule has 1 aromatic heterocycles. The van der Waals surface area contributed by atoms with Gasteiger partial charge >= 0.3 is 0 Å². The van der Waals surface area contributed by atoms with Crippen molar-refractivity contribution in [2.45, 2.75) is 39.8 Å². The van der Waals surface area contributed by atoms with Gasteiger partial charge in [0.1, 0.15) is 5.69 Å². The first-order chi connectivity index (χ1) is 14.5. The Morgan fingerprint density at radius 3 is 2.30 bits per heavy atom. The van der Waals surface area contributed by atoms with Crippen LogP contribution in [-0.4, -0.2) is 33.7 Å². The summed E-state index contributed by atoms with van der Waals surface area (Å²) < 4.78 is 13.5. The molecule has 0 fully saturated rings. The van der Waals surface area contributed by atoms with Crippen LogP contribution in [0.1, 0.15) is 32.8 Å². The average molecular weight is 408 g/mol. The van der Waals surface area contributed by atoms with Crippen molar-refractivity contribution in [1.29, 1.82) is 0 Å². The fourth-order valence-corrected chi connectivity index (χ4v) is 3.39. The summed E-state index contributed by atoms with van der Waals surface area (Å²) in [6, 6.07) is 17.5. The van der Waals surface area contributed by atoms with E-state index in [9.17, 15) is 4.79 Å². The van der Waals surface area contributed by atoms with Crippen molar-refractivity contribution < 1.29 is 14.3 Å². The number of rotatable bonds is 8. The van der Waals surface area contributed by atoms with E-state index in [1.54, 1.807) is 11.8 Å². The van der Waals surface area contributed by atoms with Crippen molar-refractivity contribution in [3.05, 3.63) is 60.2 Å². The van der Waals surface area contributed by atoms with Crippen LogP contribution in [0, 0.1) is 0 Å². The SMILES string of the molecule is CCC(=O)N(Cc1c(-c2ccccc2)nn(C)c1Oc1ccccc1OC)C(C)C. The van der Waals surface area contributed by atoms with Gasteiger partial charge in [0.05, 0.1) is 19.2 Å². The minimum absolute atomic E-state index is 0.0559. The Bertz CT molecular complexity index is 996. The molecule has 0 saturated heterocycles. The van der Waals surface area contributed by atoms with Crippen molar-refractivity contribution in [2.24, 2.45) is 7.05 Å². The summed E-state index contributed by atoms with van der Waals surface area (Å²) in [5, 5.41) is 4.74. The van der Waals surface area contributed by atoms with Crippen LogP contribution in [0.5, 0.6) is 17.4 Å². The molecule has 6 heteroatoms. The summed E-state index contributed by atoms with van der Waals surface area (Å²) in [7, 11) is 3.46. The van der Waals surface area contributed by atoms with Gasteiger partial charge in [-0.3, -0.25) is 4.79 Å². The smallest absolute Gasteiger partial charge is 0.223 e. The normalized spacial score (nSPS) is 10.9. The summed E-state index contributed by atoms with van der Waals surface area (Å²) in [5.41, 5.74) is 2.65. The number of hydrogen-bond acceptors (Lipinski definition) is 4. The highest BCUT2D eigenvalue weighted by Crippen LogP contribution is 2.37. The Hall–Kier alpha value is -3.28. The third-order valence-corrected chi connectivity index (χ3v) is 4.99. The lowest BCUT2D eigenvalue weighted by molar-refractivity contribution is -0.133. The first-order valence-electron chi connectivity index (χ1n) is 10.2. The highest BCUT2D eigenvalue weighted by molar-refractivity contribution is 5.77. The fourth-order valence-electron chi connectivity index (χ4n) is 3.39. The van der Waals surface area contributed by atoms with Crippen LogP contribution < -0.4 is 9.47 Å². The third kappa shape index (κ3) is 4.48. The van der Waals surface area contributed by atoms with Crippen LogP contribution in [-0.2, 0) is 18.4 Å². The molecule has 0 bridgehead atoms. The Morgan fingerprint density at radius 1 is 1.07 bits per heavy atom. The van der Waals surface area contributed by atoms with Gasteiger partial charge in [-0.05, 0) is 26.0 Å². The zero-order chi connectivity index (χ0) is 21.7. The van der Waals surface area contributed by atoms with Gasteiger partial charge in [-0.25, -0.2) is 4.68 Å². The van der Waals surface area contributed by atoms with E-state index in [2.05, 4.69) is 0 Å². The molecule has 158 valence electrons.